The molecule has 1 unspecified atom stereocenters. The van der Waals surface area contributed by atoms with Crippen LogP contribution in [0.5, 0.6) is 0 Å². The summed E-state index contributed by atoms with van der Waals surface area (Å²) in [4.78, 5) is 26.9. The Morgan fingerprint density at radius 1 is 1.03 bits per heavy atom. The molecule has 1 N–H and O–H groups in total. The van der Waals surface area contributed by atoms with E-state index in [0.717, 1.165) is 48.4 Å². The number of aromatic nitrogens is 2. The van der Waals surface area contributed by atoms with Crippen molar-refractivity contribution in [2.45, 2.75) is 25.4 Å². The fourth-order valence-electron chi connectivity index (χ4n) is 5.67. The number of ether oxygens (including phenoxy) is 3. The fourth-order valence-corrected chi connectivity index (χ4v) is 5.67. The van der Waals surface area contributed by atoms with E-state index in [1.165, 1.54) is 0 Å². The second-order valence-electron chi connectivity index (χ2n) is 9.85. The molecule has 1 aromatic heterocycles. The molecule has 36 heavy (non-hydrogen) atoms. The minimum Gasteiger partial charge on any atom is -0.494 e. The number of nitrogens with zero attached hydrogens (tertiary/aromatic N) is 2. The molecule has 1 atom stereocenters. The molecule has 0 spiro atoms. The van der Waals surface area contributed by atoms with Crippen molar-refractivity contribution < 1.29 is 19.0 Å². The average molecular weight is 489 g/mol. The van der Waals surface area contributed by atoms with Gasteiger partial charge >= 0.3 is 5.91 Å². The summed E-state index contributed by atoms with van der Waals surface area (Å²) in [6, 6.07) is 15.2. The second-order valence-corrected chi connectivity index (χ2v) is 9.85. The summed E-state index contributed by atoms with van der Waals surface area (Å²) in [5.41, 5.74) is 2.97. The molecule has 2 aliphatic carbocycles. The Balaban J connectivity index is 1.31. The van der Waals surface area contributed by atoms with E-state index in [9.17, 15) is 9.59 Å². The number of benzene rings is 2. The molecule has 186 valence electrons. The van der Waals surface area contributed by atoms with Crippen LogP contribution in [-0.4, -0.2) is 56.2 Å². The van der Waals surface area contributed by atoms with Crippen molar-refractivity contribution in [3.63, 3.8) is 0 Å². The second kappa shape index (κ2) is 8.21. The molecule has 0 radical (unpaired) electrons. The van der Waals surface area contributed by atoms with Gasteiger partial charge in [-0.3, -0.25) is 9.89 Å². The molecule has 2 fully saturated rings. The third-order valence-electron chi connectivity index (χ3n) is 8.00. The van der Waals surface area contributed by atoms with Gasteiger partial charge in [0.1, 0.15) is 30.3 Å². The van der Waals surface area contributed by atoms with Crippen LogP contribution in [0.3, 0.4) is 0 Å². The lowest BCUT2D eigenvalue weighted by molar-refractivity contribution is -0.129. The topological polar surface area (TPSA) is 82.6 Å². The molecule has 2 heterocycles. The summed E-state index contributed by atoms with van der Waals surface area (Å²) >= 11 is 0. The van der Waals surface area contributed by atoms with Crippen molar-refractivity contribution >= 4 is 22.5 Å². The van der Waals surface area contributed by atoms with Gasteiger partial charge in [0, 0.05) is 25.7 Å². The highest BCUT2D eigenvalue weighted by atomic mass is 16.5. The predicted octanol–water partition coefficient (Wildman–Crippen LogP) is 3.80. The maximum absolute atomic E-state index is 14.1. The van der Waals surface area contributed by atoms with Gasteiger partial charge in [0.25, 0.3) is 5.56 Å². The summed E-state index contributed by atoms with van der Waals surface area (Å²) in [6.07, 6.45) is 3.98. The number of rotatable bonds is 7. The monoisotopic (exact) mass is 488 g/mol. The standard InChI is InChI=1S/C28H29N3O5/c1-34-23-16-18(17-24(35-2)25(23)36-3)28(12-13-28)27(33)31(14-15-31)20-10-8-19(9-11-20)30-26(32)21-6-4-5-7-22(21)29-30/h4-11,16,24H,12-15,17H2,1-3H3/p+1. The molecule has 8 heteroatoms. The molecular weight excluding hydrogens is 458 g/mol. The lowest BCUT2D eigenvalue weighted by Gasteiger charge is -2.30. The fraction of sp³-hybridized carbons (Fsp3) is 0.357. The van der Waals surface area contributed by atoms with Crippen LogP contribution >= 0.6 is 0 Å². The number of carbonyl (C=O) groups is 1. The normalized spacial score (nSPS) is 21.8. The van der Waals surface area contributed by atoms with E-state index in [-0.39, 0.29) is 17.6 Å². The molecule has 1 saturated carbocycles. The molecule has 1 amide bonds. The predicted molar refractivity (Wildman–Crippen MR) is 137 cm³/mol. The highest BCUT2D eigenvalue weighted by molar-refractivity contribution is 6.00. The van der Waals surface area contributed by atoms with Crippen molar-refractivity contribution in [1.82, 2.24) is 14.3 Å². The van der Waals surface area contributed by atoms with E-state index in [2.05, 4.69) is 5.10 Å². The van der Waals surface area contributed by atoms with Gasteiger partial charge in [-0.15, -0.1) is 0 Å². The smallest absolute Gasteiger partial charge is 0.329 e. The van der Waals surface area contributed by atoms with Gasteiger partial charge in [0.05, 0.1) is 30.8 Å². The van der Waals surface area contributed by atoms with E-state index in [1.54, 1.807) is 26.0 Å². The number of methoxy groups -OCH3 is 3. The minimum atomic E-state index is -0.497. The van der Waals surface area contributed by atoms with Crippen LogP contribution in [0.4, 0.5) is 5.69 Å². The summed E-state index contributed by atoms with van der Waals surface area (Å²) in [6.45, 7) is 1.56. The third-order valence-corrected chi connectivity index (χ3v) is 8.00. The number of nitrogens with one attached hydrogen (secondary N) is 1. The van der Waals surface area contributed by atoms with E-state index in [1.807, 2.05) is 54.6 Å². The molecule has 1 aliphatic heterocycles. The summed E-state index contributed by atoms with van der Waals surface area (Å²) < 4.78 is 18.7. The van der Waals surface area contributed by atoms with Crippen LogP contribution in [0.1, 0.15) is 19.3 Å². The Kier molecular flexibility index (Phi) is 5.21. The molecular formula is C28H30N3O5+. The largest absolute Gasteiger partial charge is 0.494 e. The minimum absolute atomic E-state index is 0.0867. The van der Waals surface area contributed by atoms with Gasteiger partial charge in [0.15, 0.2) is 11.5 Å². The first-order chi connectivity index (χ1) is 17.5. The number of amides is 1. The van der Waals surface area contributed by atoms with E-state index in [0.29, 0.717) is 27.8 Å². The molecule has 3 aromatic rings. The van der Waals surface area contributed by atoms with Crippen LogP contribution in [0.25, 0.3) is 16.6 Å². The lowest BCUT2D eigenvalue weighted by Crippen LogP contribution is -2.42. The zero-order valence-electron chi connectivity index (χ0n) is 20.7. The Labute approximate surface area is 208 Å². The van der Waals surface area contributed by atoms with Crippen molar-refractivity contribution in [1.29, 1.82) is 0 Å². The Morgan fingerprint density at radius 2 is 1.75 bits per heavy atom. The van der Waals surface area contributed by atoms with Crippen LogP contribution in [0.2, 0.25) is 0 Å². The van der Waals surface area contributed by atoms with E-state index >= 15 is 0 Å². The molecule has 2 aromatic carbocycles. The molecule has 3 aliphatic rings. The lowest BCUT2D eigenvalue weighted by atomic mass is 9.85. The van der Waals surface area contributed by atoms with Crippen LogP contribution in [0, 0.1) is 5.41 Å². The first-order valence-corrected chi connectivity index (χ1v) is 12.3. The van der Waals surface area contributed by atoms with Gasteiger partial charge in [-0.25, -0.2) is 14.0 Å². The van der Waals surface area contributed by atoms with Gasteiger partial charge in [0.2, 0.25) is 0 Å². The average Bonchev–Trinajstić information content (AvgIpc) is 3.85. The number of hydrogen-bond donors (Lipinski definition) is 1. The SMILES string of the molecule is COC1=C(OC)C(OC)CC(C2(C(=O)[N+]3(c4ccc(-n5[nH]c6ccccc6c5=O)cc4)CC3)CC2)=C1. The maximum atomic E-state index is 14.1. The number of fused-ring (bicyclic) bond motifs is 1. The number of H-pyrrole nitrogens is 1. The quantitative estimate of drug-likeness (QED) is 0.404. The van der Waals surface area contributed by atoms with Crippen LogP contribution in [-0.2, 0) is 19.0 Å². The number of quaternary nitrogens is 1. The van der Waals surface area contributed by atoms with Gasteiger partial charge in [-0.1, -0.05) is 12.1 Å². The van der Waals surface area contributed by atoms with Gasteiger partial charge < -0.3 is 14.2 Å². The Bertz CT molecular complexity index is 1470. The number of carbonyl (C=O) groups excluding carboxylic acids is 1. The van der Waals surface area contributed by atoms with Crippen LogP contribution < -0.4 is 10.0 Å². The van der Waals surface area contributed by atoms with Crippen LogP contribution in [0.15, 0.2) is 76.5 Å². The number of para-hydroxylation sites is 1. The maximum Gasteiger partial charge on any atom is 0.329 e. The molecule has 6 rings (SSSR count). The molecule has 8 nitrogen and oxygen atoms in total. The van der Waals surface area contributed by atoms with Crippen molar-refractivity contribution in [2.75, 3.05) is 34.4 Å². The van der Waals surface area contributed by atoms with E-state index < -0.39 is 5.41 Å². The molecule has 0 bridgehead atoms. The van der Waals surface area contributed by atoms with Crippen molar-refractivity contribution in [2.24, 2.45) is 5.41 Å². The van der Waals surface area contributed by atoms with Gasteiger partial charge in [-0.05, 0) is 48.8 Å². The first kappa shape index (κ1) is 22.8. The summed E-state index contributed by atoms with van der Waals surface area (Å²) in [7, 11) is 4.88. The summed E-state index contributed by atoms with van der Waals surface area (Å²) in [5.74, 6) is 1.51. The Hall–Kier alpha value is -3.62. The van der Waals surface area contributed by atoms with E-state index in [4.69, 9.17) is 14.2 Å². The highest BCUT2D eigenvalue weighted by Gasteiger charge is 2.66. The third kappa shape index (κ3) is 3.28. The highest BCUT2D eigenvalue weighted by Crippen LogP contribution is 2.59. The number of allylic oxidation sites excluding steroid dienone is 1. The van der Waals surface area contributed by atoms with Crippen molar-refractivity contribution in [3.8, 4) is 5.69 Å². The van der Waals surface area contributed by atoms with Gasteiger partial charge in [-0.2, -0.15) is 0 Å². The zero-order valence-corrected chi connectivity index (χ0v) is 20.7. The molecule has 1 saturated heterocycles. The first-order valence-electron chi connectivity index (χ1n) is 12.3. The Morgan fingerprint density at radius 3 is 2.33 bits per heavy atom. The van der Waals surface area contributed by atoms with Crippen molar-refractivity contribution in [3.05, 3.63) is 82.1 Å². The number of aromatic amines is 1. The number of hydrogen-bond acceptors (Lipinski definition) is 5. The zero-order chi connectivity index (χ0) is 25.1. The summed E-state index contributed by atoms with van der Waals surface area (Å²) in [5, 5.41) is 3.82.